The zero-order chi connectivity index (χ0) is 43.4. The second kappa shape index (κ2) is 35.8. The molecule has 59 heavy (non-hydrogen) atoms. The molecule has 12 nitrogen and oxygen atoms in total. The minimum atomic E-state index is -4.68. The highest BCUT2D eigenvalue weighted by Crippen LogP contribution is 2.43. The molecular formula is C46H75O12P. The van der Waals surface area contributed by atoms with E-state index in [2.05, 4.69) is 54.8 Å². The Kier molecular flexibility index (Phi) is 32.8. The van der Waals surface area contributed by atoms with Gasteiger partial charge in [-0.15, -0.1) is 0 Å². The Hall–Kier alpha value is -2.96. The molecule has 0 aliphatic heterocycles. The van der Waals surface area contributed by atoms with Crippen molar-refractivity contribution in [3.8, 4) is 0 Å². The van der Waals surface area contributed by atoms with E-state index < -0.39 is 64.5 Å². The van der Waals surface area contributed by atoms with E-state index in [-0.39, 0.29) is 30.5 Å². The van der Waals surface area contributed by atoms with E-state index in [0.29, 0.717) is 32.1 Å². The molecular weight excluding hydrogens is 775 g/mol. The van der Waals surface area contributed by atoms with Crippen LogP contribution in [0.5, 0.6) is 0 Å². The molecule has 0 bridgehead atoms. The van der Waals surface area contributed by atoms with Crippen molar-refractivity contribution in [2.75, 3.05) is 26.4 Å². The van der Waals surface area contributed by atoms with Gasteiger partial charge in [-0.1, -0.05) is 126 Å². The normalized spacial score (nSPS) is 18.5. The van der Waals surface area contributed by atoms with Crippen molar-refractivity contribution >= 4 is 25.5 Å². The number of phosphoric acid groups is 1. The number of unbranched alkanes of at least 4 members (excludes halogenated alkanes) is 10. The number of carbonyl (C=O) groups excluding carboxylic acids is 3. The summed E-state index contributed by atoms with van der Waals surface area (Å²) < 4.78 is 32.7. The third-order valence-electron chi connectivity index (χ3n) is 9.58. The molecule has 0 heterocycles. The van der Waals surface area contributed by atoms with Gasteiger partial charge in [0.1, 0.15) is 12.7 Å². The highest BCUT2D eigenvalue weighted by atomic mass is 31.2. The van der Waals surface area contributed by atoms with Crippen LogP contribution in [-0.2, 0) is 37.5 Å². The monoisotopic (exact) mass is 850 g/mol. The number of rotatable bonds is 37. The summed E-state index contributed by atoms with van der Waals surface area (Å²) in [6.45, 7) is 1.98. The van der Waals surface area contributed by atoms with Crippen molar-refractivity contribution in [2.24, 2.45) is 11.8 Å². The van der Waals surface area contributed by atoms with E-state index in [1.54, 1.807) is 12.2 Å². The van der Waals surface area contributed by atoms with Crippen LogP contribution in [0.1, 0.15) is 142 Å². The van der Waals surface area contributed by atoms with Gasteiger partial charge in [-0.3, -0.25) is 23.4 Å². The molecule has 0 radical (unpaired) electrons. The van der Waals surface area contributed by atoms with E-state index in [4.69, 9.17) is 19.1 Å². The Balaban J connectivity index is 2.46. The standard InChI is InChI=1S/C46H75O12P/c1-3-5-7-8-9-10-11-12-13-14-15-16-17-18-19-20-25-29-45(51)55-37-42(38-57-59(53,54)56-36-41(49)35-47)58-46(52)30-26-22-21-24-27-39-31-34-44(50)43(39)33-32-40(48)28-23-6-4-2/h9-10,12-13,15-16,21,24,31-34,39-43,47-49H,3-8,11,14,17-20,22-23,25-30,35-38H2,1-2H3,(H,53,54)/b10-9-,13-12-,16-15-,24-21-,33-32+/t39-,40-,41-,42+,43+/m0/s1. The van der Waals surface area contributed by atoms with Crippen LogP contribution in [0.3, 0.4) is 0 Å². The van der Waals surface area contributed by atoms with Crippen LogP contribution in [0.4, 0.5) is 0 Å². The number of ether oxygens (including phenoxy) is 2. The quantitative estimate of drug-likeness (QED) is 0.0201. The number of carbonyl (C=O) groups is 3. The fourth-order valence-corrected chi connectivity index (χ4v) is 6.84. The van der Waals surface area contributed by atoms with Crippen molar-refractivity contribution in [1.29, 1.82) is 0 Å². The lowest BCUT2D eigenvalue weighted by Crippen LogP contribution is -2.29. The Bertz CT molecular complexity index is 1350. The first-order valence-electron chi connectivity index (χ1n) is 22.0. The largest absolute Gasteiger partial charge is 0.472 e. The molecule has 0 aromatic heterocycles. The van der Waals surface area contributed by atoms with Crippen LogP contribution in [-0.4, -0.2) is 82.7 Å². The number of hydrogen-bond acceptors (Lipinski definition) is 11. The van der Waals surface area contributed by atoms with Crippen LogP contribution in [0.25, 0.3) is 0 Å². The fourth-order valence-electron chi connectivity index (χ4n) is 6.05. The van der Waals surface area contributed by atoms with Crippen LogP contribution in [0.2, 0.25) is 0 Å². The number of ketones is 1. The van der Waals surface area contributed by atoms with Crippen molar-refractivity contribution in [3.63, 3.8) is 0 Å². The van der Waals surface area contributed by atoms with Gasteiger partial charge in [0.05, 0.1) is 25.9 Å². The summed E-state index contributed by atoms with van der Waals surface area (Å²) >= 11 is 0. The smallest absolute Gasteiger partial charge is 0.462 e. The van der Waals surface area contributed by atoms with Gasteiger partial charge in [-0.25, -0.2) is 4.57 Å². The zero-order valence-electron chi connectivity index (χ0n) is 35.8. The molecule has 6 atom stereocenters. The van der Waals surface area contributed by atoms with Crippen molar-refractivity contribution in [3.05, 3.63) is 72.9 Å². The first-order chi connectivity index (χ1) is 28.5. The summed E-state index contributed by atoms with van der Waals surface area (Å²) in [4.78, 5) is 47.5. The number of aliphatic hydroxyl groups excluding tert-OH is 3. The summed E-state index contributed by atoms with van der Waals surface area (Å²) in [7, 11) is -4.68. The molecule has 0 amide bonds. The maximum absolute atomic E-state index is 12.7. The summed E-state index contributed by atoms with van der Waals surface area (Å²) in [5, 5.41) is 28.6. The molecule has 1 aliphatic carbocycles. The highest BCUT2D eigenvalue weighted by Gasteiger charge is 2.28. The molecule has 4 N–H and O–H groups in total. The Morgan fingerprint density at radius 1 is 0.746 bits per heavy atom. The number of phosphoric ester groups is 1. The predicted octanol–water partition coefficient (Wildman–Crippen LogP) is 9.28. The van der Waals surface area contributed by atoms with Crippen LogP contribution < -0.4 is 0 Å². The highest BCUT2D eigenvalue weighted by molar-refractivity contribution is 7.47. The van der Waals surface area contributed by atoms with Gasteiger partial charge in [0, 0.05) is 18.8 Å². The number of hydrogen-bond donors (Lipinski definition) is 4. The van der Waals surface area contributed by atoms with Crippen LogP contribution in [0.15, 0.2) is 72.9 Å². The van der Waals surface area contributed by atoms with Crippen molar-refractivity contribution in [1.82, 2.24) is 0 Å². The average Bonchev–Trinajstić information content (AvgIpc) is 3.57. The summed E-state index contributed by atoms with van der Waals surface area (Å²) in [6.07, 6.45) is 37.8. The van der Waals surface area contributed by atoms with Crippen LogP contribution in [0, 0.1) is 11.8 Å². The SMILES string of the molecule is CCCCC/C=C\C/C=C\C/C=C\CCCCCCC(=O)OC[C@H](COP(=O)(O)OC[C@@H](O)CO)OC(=O)CCC/C=C\C[C@H]1C=CC(=O)[C@@H]1/C=C/[C@@H](O)CCCCC. The molecule has 1 aliphatic rings. The average molecular weight is 851 g/mol. The van der Waals surface area contributed by atoms with E-state index in [1.807, 2.05) is 24.3 Å². The second-order valence-corrected chi connectivity index (χ2v) is 16.5. The molecule has 1 unspecified atom stereocenters. The van der Waals surface area contributed by atoms with Gasteiger partial charge in [-0.2, -0.15) is 0 Å². The summed E-state index contributed by atoms with van der Waals surface area (Å²) in [5.74, 6) is -1.41. The minimum absolute atomic E-state index is 0.00694. The van der Waals surface area contributed by atoms with Crippen molar-refractivity contribution in [2.45, 2.75) is 161 Å². The molecule has 0 saturated heterocycles. The van der Waals surface area contributed by atoms with Gasteiger partial charge in [-0.05, 0) is 82.6 Å². The van der Waals surface area contributed by atoms with E-state index in [0.717, 1.165) is 64.2 Å². The van der Waals surface area contributed by atoms with E-state index in [9.17, 15) is 34.1 Å². The maximum Gasteiger partial charge on any atom is 0.472 e. The van der Waals surface area contributed by atoms with Gasteiger partial charge < -0.3 is 29.7 Å². The van der Waals surface area contributed by atoms with E-state index >= 15 is 0 Å². The van der Waals surface area contributed by atoms with Gasteiger partial charge in [0.2, 0.25) is 0 Å². The molecule has 0 saturated carbocycles. The Morgan fingerprint density at radius 3 is 2.03 bits per heavy atom. The fraction of sp³-hybridized carbons (Fsp3) is 0.674. The molecule has 0 fully saturated rings. The number of esters is 2. The third-order valence-corrected chi connectivity index (χ3v) is 10.5. The predicted molar refractivity (Wildman–Crippen MR) is 232 cm³/mol. The molecule has 336 valence electrons. The Morgan fingerprint density at radius 2 is 1.34 bits per heavy atom. The van der Waals surface area contributed by atoms with Gasteiger partial charge >= 0.3 is 19.8 Å². The molecule has 0 spiro atoms. The lowest BCUT2D eigenvalue weighted by Gasteiger charge is -2.20. The first kappa shape index (κ1) is 54.1. The molecule has 0 aromatic rings. The molecule has 0 aromatic carbocycles. The van der Waals surface area contributed by atoms with Gasteiger partial charge in [0.25, 0.3) is 0 Å². The first-order valence-corrected chi connectivity index (χ1v) is 23.4. The second-order valence-electron chi connectivity index (χ2n) is 15.0. The summed E-state index contributed by atoms with van der Waals surface area (Å²) in [5.41, 5.74) is 0. The van der Waals surface area contributed by atoms with E-state index in [1.165, 1.54) is 19.3 Å². The van der Waals surface area contributed by atoms with Gasteiger partial charge in [0.15, 0.2) is 11.9 Å². The molecule has 1 rings (SSSR count). The zero-order valence-corrected chi connectivity index (χ0v) is 36.7. The Labute approximate surface area is 354 Å². The lowest BCUT2D eigenvalue weighted by molar-refractivity contribution is -0.161. The maximum atomic E-state index is 12.7. The third kappa shape index (κ3) is 30.7. The van der Waals surface area contributed by atoms with Crippen LogP contribution >= 0.6 is 7.82 Å². The lowest BCUT2D eigenvalue weighted by atomic mass is 9.90. The minimum Gasteiger partial charge on any atom is -0.462 e. The van der Waals surface area contributed by atoms with Crippen molar-refractivity contribution < 1.29 is 57.7 Å². The molecule has 13 heteroatoms. The number of allylic oxidation sites excluding steroid dienone is 11. The number of aliphatic hydroxyl groups is 3. The topological polar surface area (TPSA) is 186 Å². The summed E-state index contributed by atoms with van der Waals surface area (Å²) in [6, 6.07) is 0.